The molecule has 2 aliphatic rings. The van der Waals surface area contributed by atoms with Crippen molar-refractivity contribution >= 4 is 17.3 Å². The van der Waals surface area contributed by atoms with Crippen molar-refractivity contribution in [1.82, 2.24) is 0 Å². The molecule has 1 aromatic carbocycles. The molecular weight excluding hydrogens is 262 g/mol. The number of hydrogen-bond acceptors (Lipinski definition) is 3. The fourth-order valence-electron chi connectivity index (χ4n) is 3.58. The number of anilines is 2. The summed E-state index contributed by atoms with van der Waals surface area (Å²) in [6.45, 7) is 1.60. The molecule has 3 rings (SSSR count). The highest BCUT2D eigenvalue weighted by atomic mass is 16.2. The van der Waals surface area contributed by atoms with Gasteiger partial charge in [0.2, 0.25) is 5.91 Å². The number of carbonyl (C=O) groups excluding carboxylic acids is 1. The number of carbonyl (C=O) groups is 1. The van der Waals surface area contributed by atoms with Gasteiger partial charge in [0.15, 0.2) is 0 Å². The Morgan fingerprint density at radius 1 is 1.24 bits per heavy atom. The summed E-state index contributed by atoms with van der Waals surface area (Å²) in [6, 6.07) is 8.71. The van der Waals surface area contributed by atoms with Gasteiger partial charge >= 0.3 is 0 Å². The van der Waals surface area contributed by atoms with Gasteiger partial charge in [0.05, 0.1) is 0 Å². The Morgan fingerprint density at radius 3 is 2.86 bits per heavy atom. The third-order valence-corrected chi connectivity index (χ3v) is 4.80. The molecule has 2 fully saturated rings. The summed E-state index contributed by atoms with van der Waals surface area (Å²) in [7, 11) is 0. The molecule has 0 radical (unpaired) electrons. The van der Waals surface area contributed by atoms with Crippen LogP contribution in [-0.2, 0) is 4.79 Å². The summed E-state index contributed by atoms with van der Waals surface area (Å²) in [5.74, 6) is 0.806. The van der Waals surface area contributed by atoms with Crippen LogP contribution >= 0.6 is 0 Å². The standard InChI is InChI=1S/C17H25N3O/c18-12-13-5-1-2-8-16(13)19-14-6-3-7-15(11-14)20-10-4-9-17(20)21/h3,6-7,11,13,16,19H,1-2,4-5,8-10,12,18H2. The van der Waals surface area contributed by atoms with E-state index in [0.29, 0.717) is 18.4 Å². The van der Waals surface area contributed by atoms with Crippen molar-refractivity contribution in [3.8, 4) is 0 Å². The highest BCUT2D eigenvalue weighted by molar-refractivity contribution is 5.95. The summed E-state index contributed by atoms with van der Waals surface area (Å²) in [6.07, 6.45) is 6.62. The van der Waals surface area contributed by atoms with E-state index in [2.05, 4.69) is 17.4 Å². The smallest absolute Gasteiger partial charge is 0.227 e. The van der Waals surface area contributed by atoms with Gasteiger partial charge in [0.25, 0.3) is 0 Å². The van der Waals surface area contributed by atoms with Crippen LogP contribution in [0.2, 0.25) is 0 Å². The highest BCUT2D eigenvalue weighted by Crippen LogP contribution is 2.29. The van der Waals surface area contributed by atoms with Gasteiger partial charge in [-0.3, -0.25) is 4.79 Å². The Bertz CT molecular complexity index is 503. The molecule has 1 aromatic rings. The lowest BCUT2D eigenvalue weighted by molar-refractivity contribution is -0.117. The molecule has 0 bridgehead atoms. The van der Waals surface area contributed by atoms with Crippen molar-refractivity contribution in [1.29, 1.82) is 0 Å². The van der Waals surface area contributed by atoms with Crippen molar-refractivity contribution in [2.24, 2.45) is 11.7 Å². The van der Waals surface area contributed by atoms with Crippen LogP contribution in [0.5, 0.6) is 0 Å². The van der Waals surface area contributed by atoms with Gasteiger partial charge in [-0.2, -0.15) is 0 Å². The lowest BCUT2D eigenvalue weighted by Crippen LogP contribution is -2.36. The molecule has 2 atom stereocenters. The first-order valence-electron chi connectivity index (χ1n) is 8.15. The van der Waals surface area contributed by atoms with Crippen LogP contribution in [-0.4, -0.2) is 25.0 Å². The first-order chi connectivity index (χ1) is 10.3. The van der Waals surface area contributed by atoms with E-state index in [1.54, 1.807) is 0 Å². The van der Waals surface area contributed by atoms with Crippen LogP contribution in [0.3, 0.4) is 0 Å². The zero-order chi connectivity index (χ0) is 14.7. The third kappa shape index (κ3) is 3.21. The third-order valence-electron chi connectivity index (χ3n) is 4.80. The summed E-state index contributed by atoms with van der Waals surface area (Å²) in [5.41, 5.74) is 8.03. The Morgan fingerprint density at radius 2 is 2.10 bits per heavy atom. The van der Waals surface area contributed by atoms with Crippen molar-refractivity contribution < 1.29 is 4.79 Å². The predicted molar refractivity (Wildman–Crippen MR) is 86.5 cm³/mol. The van der Waals surface area contributed by atoms with Crippen molar-refractivity contribution in [3.05, 3.63) is 24.3 Å². The Hall–Kier alpha value is -1.55. The largest absolute Gasteiger partial charge is 0.382 e. The molecule has 2 unspecified atom stereocenters. The molecule has 1 heterocycles. The van der Waals surface area contributed by atoms with Crippen LogP contribution < -0.4 is 16.0 Å². The van der Waals surface area contributed by atoms with E-state index < -0.39 is 0 Å². The number of rotatable bonds is 4. The minimum Gasteiger partial charge on any atom is -0.382 e. The van der Waals surface area contributed by atoms with E-state index in [-0.39, 0.29) is 5.91 Å². The van der Waals surface area contributed by atoms with Crippen LogP contribution in [0, 0.1) is 5.92 Å². The van der Waals surface area contributed by atoms with Crippen LogP contribution in [0.4, 0.5) is 11.4 Å². The lowest BCUT2D eigenvalue weighted by Gasteiger charge is -2.32. The van der Waals surface area contributed by atoms with E-state index in [0.717, 1.165) is 30.9 Å². The molecule has 1 saturated heterocycles. The molecule has 1 aliphatic heterocycles. The number of nitrogens with zero attached hydrogens (tertiary/aromatic N) is 1. The average molecular weight is 287 g/mol. The molecule has 4 heteroatoms. The van der Waals surface area contributed by atoms with E-state index >= 15 is 0 Å². The number of amides is 1. The van der Waals surface area contributed by atoms with Gasteiger partial charge in [-0.1, -0.05) is 18.9 Å². The predicted octanol–water partition coefficient (Wildman–Crippen LogP) is 2.74. The molecule has 0 spiro atoms. The molecule has 1 saturated carbocycles. The van der Waals surface area contributed by atoms with Crippen LogP contribution in [0.25, 0.3) is 0 Å². The Labute approximate surface area is 126 Å². The molecule has 3 N–H and O–H groups in total. The van der Waals surface area contributed by atoms with E-state index in [9.17, 15) is 4.79 Å². The monoisotopic (exact) mass is 287 g/mol. The van der Waals surface area contributed by atoms with E-state index in [4.69, 9.17) is 5.73 Å². The molecule has 4 nitrogen and oxygen atoms in total. The SMILES string of the molecule is NCC1CCCCC1Nc1cccc(N2CCCC2=O)c1. The summed E-state index contributed by atoms with van der Waals surface area (Å²) in [5, 5.41) is 3.64. The van der Waals surface area contributed by atoms with Gasteiger partial charge in [0.1, 0.15) is 0 Å². The Kier molecular flexibility index (Phi) is 4.44. The molecule has 0 aromatic heterocycles. The first-order valence-corrected chi connectivity index (χ1v) is 8.15. The quantitative estimate of drug-likeness (QED) is 0.895. The highest BCUT2D eigenvalue weighted by Gasteiger charge is 2.25. The maximum absolute atomic E-state index is 11.9. The van der Waals surface area contributed by atoms with Gasteiger partial charge in [0, 0.05) is 30.4 Å². The zero-order valence-electron chi connectivity index (χ0n) is 12.6. The number of hydrogen-bond donors (Lipinski definition) is 2. The normalized spacial score (nSPS) is 26.1. The van der Waals surface area contributed by atoms with Crippen molar-refractivity contribution in [2.75, 3.05) is 23.3 Å². The van der Waals surface area contributed by atoms with Gasteiger partial charge < -0.3 is 16.0 Å². The lowest BCUT2D eigenvalue weighted by atomic mass is 9.84. The zero-order valence-corrected chi connectivity index (χ0v) is 12.6. The van der Waals surface area contributed by atoms with Crippen LogP contribution in [0.1, 0.15) is 38.5 Å². The number of nitrogens with two attached hydrogens (primary N) is 1. The van der Waals surface area contributed by atoms with Crippen LogP contribution in [0.15, 0.2) is 24.3 Å². The fraction of sp³-hybridized carbons (Fsp3) is 0.588. The second kappa shape index (κ2) is 6.48. The minimum atomic E-state index is 0.240. The summed E-state index contributed by atoms with van der Waals surface area (Å²) in [4.78, 5) is 13.8. The Balaban J connectivity index is 1.72. The summed E-state index contributed by atoms with van der Waals surface area (Å²) >= 11 is 0. The maximum atomic E-state index is 11.9. The second-order valence-corrected chi connectivity index (χ2v) is 6.23. The summed E-state index contributed by atoms with van der Waals surface area (Å²) < 4.78 is 0. The van der Waals surface area contributed by atoms with Gasteiger partial charge in [-0.15, -0.1) is 0 Å². The minimum absolute atomic E-state index is 0.240. The molecule has 1 aliphatic carbocycles. The molecule has 21 heavy (non-hydrogen) atoms. The van der Waals surface area contributed by atoms with E-state index in [1.807, 2.05) is 17.0 Å². The van der Waals surface area contributed by atoms with Gasteiger partial charge in [-0.25, -0.2) is 0 Å². The van der Waals surface area contributed by atoms with Gasteiger partial charge in [-0.05, 0) is 49.9 Å². The number of nitrogens with one attached hydrogen (secondary N) is 1. The first kappa shape index (κ1) is 14.4. The molecule has 114 valence electrons. The average Bonchev–Trinajstić information content (AvgIpc) is 2.94. The van der Waals surface area contributed by atoms with Crippen molar-refractivity contribution in [3.63, 3.8) is 0 Å². The number of benzene rings is 1. The molecular formula is C17H25N3O. The van der Waals surface area contributed by atoms with Crippen molar-refractivity contribution in [2.45, 2.75) is 44.6 Å². The topological polar surface area (TPSA) is 58.4 Å². The van der Waals surface area contributed by atoms with E-state index in [1.165, 1.54) is 25.7 Å². The molecule has 1 amide bonds. The second-order valence-electron chi connectivity index (χ2n) is 6.23. The fourth-order valence-corrected chi connectivity index (χ4v) is 3.58. The maximum Gasteiger partial charge on any atom is 0.227 e.